The van der Waals surface area contributed by atoms with Crippen molar-refractivity contribution in [1.29, 1.82) is 0 Å². The highest BCUT2D eigenvalue weighted by Crippen LogP contribution is 2.41. The Kier molecular flexibility index (Phi) is 9.37. The highest BCUT2D eigenvalue weighted by molar-refractivity contribution is 6.74. The van der Waals surface area contributed by atoms with Gasteiger partial charge in [0, 0.05) is 5.56 Å². The van der Waals surface area contributed by atoms with Crippen molar-refractivity contribution in [1.82, 2.24) is 4.90 Å². The van der Waals surface area contributed by atoms with Crippen LogP contribution in [-0.4, -0.2) is 39.1 Å². The van der Waals surface area contributed by atoms with Crippen molar-refractivity contribution in [3.63, 3.8) is 0 Å². The van der Waals surface area contributed by atoms with E-state index in [-0.39, 0.29) is 18.2 Å². The number of carbonyl (C=O) groups excluding carboxylic acids is 1. The molecule has 2 atom stereocenters. The summed E-state index contributed by atoms with van der Waals surface area (Å²) in [6, 6.07) is 10.9. The maximum atomic E-state index is 13.3. The number of hydrogen-bond donors (Lipinski definition) is 0. The number of rotatable bonds is 10. The number of methoxy groups -OCH3 is 1. The fourth-order valence-corrected chi connectivity index (χ4v) is 4.61. The third-order valence-electron chi connectivity index (χ3n) is 6.14. The predicted octanol–water partition coefficient (Wildman–Crippen LogP) is 6.95. The van der Waals surface area contributed by atoms with E-state index in [1.165, 1.54) is 0 Å². The first-order chi connectivity index (χ1) is 15.6. The Morgan fingerprint density at radius 1 is 1.18 bits per heavy atom. The highest BCUT2D eigenvalue weighted by Gasteiger charge is 2.43. The van der Waals surface area contributed by atoms with E-state index in [9.17, 15) is 4.79 Å². The molecule has 0 bridgehead atoms. The van der Waals surface area contributed by atoms with E-state index >= 15 is 0 Å². The summed E-state index contributed by atoms with van der Waals surface area (Å²) >= 11 is 0. The van der Waals surface area contributed by atoms with Crippen LogP contribution in [0.3, 0.4) is 0 Å². The summed E-state index contributed by atoms with van der Waals surface area (Å²) in [5.74, 6) is 1.35. The van der Waals surface area contributed by atoms with Crippen LogP contribution in [0.4, 0.5) is 4.79 Å². The molecule has 1 aromatic heterocycles. The summed E-state index contributed by atoms with van der Waals surface area (Å²) in [6.07, 6.45) is 4.73. The van der Waals surface area contributed by atoms with Crippen molar-refractivity contribution in [2.75, 3.05) is 13.7 Å². The first kappa shape index (κ1) is 26.7. The van der Waals surface area contributed by atoms with Gasteiger partial charge in [-0.25, -0.2) is 4.79 Å². The Hall–Kier alpha value is -2.51. The summed E-state index contributed by atoms with van der Waals surface area (Å²) in [7, 11) is -0.560. The van der Waals surface area contributed by atoms with Crippen LogP contribution < -0.4 is 4.74 Å². The summed E-state index contributed by atoms with van der Waals surface area (Å²) in [4.78, 5) is 15.0. The van der Waals surface area contributed by atoms with Crippen molar-refractivity contribution in [2.45, 2.75) is 71.4 Å². The Balaban J connectivity index is 2.60. The molecule has 0 saturated carbocycles. The van der Waals surface area contributed by atoms with Gasteiger partial charge in [0.15, 0.2) is 8.32 Å². The van der Waals surface area contributed by atoms with Gasteiger partial charge in [-0.05, 0) is 50.2 Å². The minimum absolute atomic E-state index is 0.00203. The number of para-hydroxylation sites is 1. The van der Waals surface area contributed by atoms with Gasteiger partial charge in [-0.3, -0.25) is 4.90 Å². The second-order valence-electron chi connectivity index (χ2n) is 9.47. The van der Waals surface area contributed by atoms with Crippen molar-refractivity contribution >= 4 is 14.4 Å². The smallest absolute Gasteiger partial charge is 0.410 e. The lowest BCUT2D eigenvalue weighted by molar-refractivity contribution is 0.0431. The molecule has 0 aliphatic heterocycles. The lowest BCUT2D eigenvalue weighted by atomic mass is 10.0. The van der Waals surface area contributed by atoms with Gasteiger partial charge in [0.05, 0.1) is 32.6 Å². The Labute approximate surface area is 199 Å². The Morgan fingerprint density at radius 3 is 2.42 bits per heavy atom. The zero-order valence-electron chi connectivity index (χ0n) is 21.3. The van der Waals surface area contributed by atoms with E-state index in [4.69, 9.17) is 18.3 Å². The quantitative estimate of drug-likeness (QED) is 0.276. The van der Waals surface area contributed by atoms with Crippen molar-refractivity contribution in [3.05, 3.63) is 66.1 Å². The number of ether oxygens (including phenoxy) is 2. The van der Waals surface area contributed by atoms with Crippen LogP contribution >= 0.6 is 0 Å². The van der Waals surface area contributed by atoms with Gasteiger partial charge in [-0.1, -0.05) is 51.1 Å². The number of benzene rings is 1. The van der Waals surface area contributed by atoms with E-state index in [1.807, 2.05) is 55.5 Å². The van der Waals surface area contributed by atoms with Gasteiger partial charge in [0.2, 0.25) is 0 Å². The minimum Gasteiger partial charge on any atom is -0.496 e. The molecule has 0 radical (unpaired) electrons. The summed E-state index contributed by atoms with van der Waals surface area (Å²) in [5, 5.41) is -0.00203. The third kappa shape index (κ3) is 6.74. The van der Waals surface area contributed by atoms with Crippen LogP contribution in [0.25, 0.3) is 0 Å². The van der Waals surface area contributed by atoms with E-state index in [1.54, 1.807) is 25.2 Å². The average molecular weight is 474 g/mol. The molecular formula is C26H39NO5Si. The minimum atomic E-state index is -2.19. The fraction of sp³-hybridized carbons (Fsp3) is 0.500. The summed E-state index contributed by atoms with van der Waals surface area (Å²) in [6.45, 7) is 15.3. The van der Waals surface area contributed by atoms with Crippen LogP contribution in [0.1, 0.15) is 52.0 Å². The fourth-order valence-electron chi connectivity index (χ4n) is 3.37. The maximum Gasteiger partial charge on any atom is 0.410 e. The van der Waals surface area contributed by atoms with Gasteiger partial charge < -0.3 is 18.3 Å². The monoisotopic (exact) mass is 473 g/mol. The van der Waals surface area contributed by atoms with Gasteiger partial charge in [0.1, 0.15) is 17.6 Å². The van der Waals surface area contributed by atoms with Crippen LogP contribution in [0, 0.1) is 0 Å². The molecular weight excluding hydrogens is 434 g/mol. The predicted molar refractivity (Wildman–Crippen MR) is 134 cm³/mol. The normalized spacial score (nSPS) is 14.2. The SMILES string of the molecule is C/C=C\[C@@H](O[Si](C)(C)C(C)(C)C)[C@H](c1ccco1)N(Cc1ccccc1OC)C(=O)OCC. The molecule has 0 fully saturated rings. The first-order valence-electron chi connectivity index (χ1n) is 11.4. The Bertz CT molecular complexity index is 902. The molecule has 1 aromatic carbocycles. The highest BCUT2D eigenvalue weighted by atomic mass is 28.4. The second-order valence-corrected chi connectivity index (χ2v) is 14.2. The maximum absolute atomic E-state index is 13.3. The average Bonchev–Trinajstić information content (AvgIpc) is 3.27. The molecule has 0 aliphatic rings. The molecule has 0 spiro atoms. The molecule has 6 nitrogen and oxygen atoms in total. The molecule has 1 heterocycles. The molecule has 2 aromatic rings. The number of hydrogen-bond acceptors (Lipinski definition) is 5. The molecule has 0 unspecified atom stereocenters. The van der Waals surface area contributed by atoms with Gasteiger partial charge in [0.25, 0.3) is 0 Å². The number of carbonyl (C=O) groups is 1. The van der Waals surface area contributed by atoms with Crippen molar-refractivity contribution in [3.8, 4) is 5.75 Å². The molecule has 2 rings (SSSR count). The van der Waals surface area contributed by atoms with Crippen molar-refractivity contribution in [2.24, 2.45) is 0 Å². The van der Waals surface area contributed by atoms with E-state index in [0.717, 1.165) is 5.56 Å². The molecule has 1 amide bonds. The zero-order chi connectivity index (χ0) is 24.6. The number of amides is 1. The molecule has 182 valence electrons. The van der Waals surface area contributed by atoms with Crippen molar-refractivity contribution < 1.29 is 23.1 Å². The molecule has 7 heteroatoms. The van der Waals surface area contributed by atoms with E-state index in [2.05, 4.69) is 33.9 Å². The summed E-state index contributed by atoms with van der Waals surface area (Å²) in [5.41, 5.74) is 0.871. The molecule has 0 aliphatic carbocycles. The Morgan fingerprint density at radius 2 is 1.88 bits per heavy atom. The molecule has 0 N–H and O–H groups in total. The topological polar surface area (TPSA) is 61.1 Å². The largest absolute Gasteiger partial charge is 0.496 e. The number of allylic oxidation sites excluding steroid dienone is 1. The van der Waals surface area contributed by atoms with Crippen LogP contribution in [-0.2, 0) is 15.7 Å². The standard InChI is InChI=1S/C26H39NO5Si/c1-9-14-23(32-33(7,8)26(3,4)5)24(22-17-13-18-31-22)27(25(28)30-10-2)19-20-15-11-12-16-21(20)29-6/h9,11-18,23-24H,10,19H2,1-8H3/b14-9-/t23-,24+/m1/s1. The second kappa shape index (κ2) is 11.6. The van der Waals surface area contributed by atoms with Gasteiger partial charge >= 0.3 is 6.09 Å². The zero-order valence-corrected chi connectivity index (χ0v) is 22.3. The van der Waals surface area contributed by atoms with E-state index in [0.29, 0.717) is 11.5 Å². The van der Waals surface area contributed by atoms with Crippen LogP contribution in [0.15, 0.2) is 59.2 Å². The van der Waals surface area contributed by atoms with Gasteiger partial charge in [-0.2, -0.15) is 0 Å². The molecule has 33 heavy (non-hydrogen) atoms. The van der Waals surface area contributed by atoms with Crippen LogP contribution in [0.2, 0.25) is 18.1 Å². The summed E-state index contributed by atoms with van der Waals surface area (Å²) < 4.78 is 23.7. The molecule has 0 saturated heterocycles. The van der Waals surface area contributed by atoms with Gasteiger partial charge in [-0.15, -0.1) is 0 Å². The number of nitrogens with zero attached hydrogens (tertiary/aromatic N) is 1. The third-order valence-corrected chi connectivity index (χ3v) is 10.6. The van der Waals surface area contributed by atoms with E-state index < -0.39 is 26.6 Å². The van der Waals surface area contributed by atoms with Crippen LogP contribution in [0.5, 0.6) is 5.75 Å². The number of furan rings is 1. The lowest BCUT2D eigenvalue weighted by Crippen LogP contribution is -2.48. The lowest BCUT2D eigenvalue weighted by Gasteiger charge is -2.42. The first-order valence-corrected chi connectivity index (χ1v) is 14.4.